The topological polar surface area (TPSA) is 82.9 Å². The number of fused-ring (bicyclic) bond motifs is 3. The van der Waals surface area contributed by atoms with Crippen molar-refractivity contribution in [3.05, 3.63) is 24.0 Å². The van der Waals surface area contributed by atoms with Gasteiger partial charge < -0.3 is 14.0 Å². The number of hydrogen-bond acceptors (Lipinski definition) is 6. The summed E-state index contributed by atoms with van der Waals surface area (Å²) < 4.78 is 19.9. The van der Waals surface area contributed by atoms with Gasteiger partial charge in [0.25, 0.3) is 0 Å². The predicted molar refractivity (Wildman–Crippen MR) is 134 cm³/mol. The van der Waals surface area contributed by atoms with Crippen molar-refractivity contribution in [2.24, 2.45) is 5.92 Å². The van der Waals surface area contributed by atoms with Gasteiger partial charge in [0.1, 0.15) is 11.4 Å². The molecule has 1 saturated carbocycles. The normalized spacial score (nSPS) is 27.1. The fourth-order valence-electron chi connectivity index (χ4n) is 5.66. The third-order valence-corrected chi connectivity index (χ3v) is 8.00. The van der Waals surface area contributed by atoms with E-state index in [0.717, 1.165) is 24.7 Å². The molecule has 5 rings (SSSR count). The number of ether oxygens (including phenoxy) is 1. The third kappa shape index (κ3) is 3.97. The van der Waals surface area contributed by atoms with E-state index in [-0.39, 0.29) is 30.0 Å². The van der Waals surface area contributed by atoms with E-state index in [2.05, 4.69) is 0 Å². The Morgan fingerprint density at radius 3 is 2.37 bits per heavy atom. The van der Waals surface area contributed by atoms with Crippen molar-refractivity contribution in [2.45, 2.75) is 104 Å². The smallest absolute Gasteiger partial charge is 0.444 e. The van der Waals surface area contributed by atoms with Crippen LogP contribution in [0.4, 0.5) is 4.79 Å². The SMILES string of the molecule is CC(=O)n1c([C@@H]2[C@H]3CC[C@H](C3)N2C(=O)OC(C)(C)C)nc2ccc(B3OC(C)(C)C(C)(C)O3)cc21. The number of carbonyl (C=O) groups excluding carboxylic acids is 2. The zero-order chi connectivity index (χ0) is 25.5. The van der Waals surface area contributed by atoms with Gasteiger partial charge in [-0.3, -0.25) is 14.3 Å². The van der Waals surface area contributed by atoms with Crippen LogP contribution in [0.3, 0.4) is 0 Å². The Kier molecular flexibility index (Phi) is 5.42. The number of amides is 1. The molecule has 2 aliphatic heterocycles. The lowest BCUT2D eigenvalue weighted by Gasteiger charge is -2.36. The van der Waals surface area contributed by atoms with E-state index in [1.807, 2.05) is 71.6 Å². The summed E-state index contributed by atoms with van der Waals surface area (Å²) in [5.41, 5.74) is 0.726. The van der Waals surface area contributed by atoms with Gasteiger partial charge in [-0.1, -0.05) is 6.07 Å². The van der Waals surface area contributed by atoms with Crippen LogP contribution in [0.25, 0.3) is 11.0 Å². The second kappa shape index (κ2) is 7.81. The Balaban J connectivity index is 1.56. The molecule has 2 bridgehead atoms. The van der Waals surface area contributed by atoms with Crippen LogP contribution in [-0.2, 0) is 14.0 Å². The lowest BCUT2D eigenvalue weighted by Crippen LogP contribution is -2.44. The fourth-order valence-corrected chi connectivity index (χ4v) is 5.66. The molecule has 1 aromatic heterocycles. The number of rotatable bonds is 2. The molecule has 0 N–H and O–H groups in total. The van der Waals surface area contributed by atoms with E-state index in [4.69, 9.17) is 19.0 Å². The minimum atomic E-state index is -0.595. The molecule has 0 spiro atoms. The van der Waals surface area contributed by atoms with Crippen molar-refractivity contribution >= 4 is 35.6 Å². The van der Waals surface area contributed by atoms with Gasteiger partial charge in [-0.05, 0) is 91.2 Å². The van der Waals surface area contributed by atoms with Crippen molar-refractivity contribution in [3.63, 3.8) is 0 Å². The molecule has 2 aromatic rings. The highest BCUT2D eigenvalue weighted by Crippen LogP contribution is 2.51. The summed E-state index contributed by atoms with van der Waals surface area (Å²) in [6, 6.07) is 5.60. The number of hydrogen-bond donors (Lipinski definition) is 0. The zero-order valence-electron chi connectivity index (χ0n) is 22.0. The molecular weight excluding hydrogens is 445 g/mol. The molecule has 8 nitrogen and oxygen atoms in total. The average Bonchev–Trinajstić information content (AvgIpc) is 3.46. The zero-order valence-corrected chi connectivity index (χ0v) is 22.0. The van der Waals surface area contributed by atoms with Gasteiger partial charge in [0.05, 0.1) is 28.3 Å². The lowest BCUT2D eigenvalue weighted by atomic mass is 9.79. The van der Waals surface area contributed by atoms with Crippen molar-refractivity contribution in [3.8, 4) is 0 Å². The first-order valence-electron chi connectivity index (χ1n) is 12.6. The van der Waals surface area contributed by atoms with E-state index in [9.17, 15) is 9.59 Å². The molecular formula is C26H36BN3O5. The van der Waals surface area contributed by atoms with E-state index >= 15 is 0 Å². The molecule has 2 saturated heterocycles. The van der Waals surface area contributed by atoms with Gasteiger partial charge in [-0.2, -0.15) is 0 Å². The van der Waals surface area contributed by atoms with Crippen LogP contribution < -0.4 is 5.46 Å². The number of likely N-dealkylation sites (tertiary alicyclic amines) is 1. The highest BCUT2D eigenvalue weighted by atomic mass is 16.7. The summed E-state index contributed by atoms with van der Waals surface area (Å²) in [6.07, 6.45) is 2.53. The number of carbonyl (C=O) groups is 2. The van der Waals surface area contributed by atoms with Crippen molar-refractivity contribution < 1.29 is 23.6 Å². The second-order valence-corrected chi connectivity index (χ2v) is 12.2. The Morgan fingerprint density at radius 1 is 1.11 bits per heavy atom. The molecule has 35 heavy (non-hydrogen) atoms. The van der Waals surface area contributed by atoms with E-state index in [1.165, 1.54) is 6.92 Å². The van der Waals surface area contributed by atoms with Crippen LogP contribution in [-0.4, -0.2) is 56.4 Å². The van der Waals surface area contributed by atoms with E-state index < -0.39 is 23.9 Å². The standard InChI is InChI=1S/C26H36BN3O5/c1-15(31)29-20-14-17(27-34-25(5,6)26(7,8)35-27)10-12-19(20)28-22(29)21-16-9-11-18(13-16)30(21)23(32)33-24(2,3)4/h10,12,14,16,18,21H,9,11,13H2,1-8H3/t16-,18+,21-/m0/s1. The predicted octanol–water partition coefficient (Wildman–Crippen LogP) is 4.46. The summed E-state index contributed by atoms with van der Waals surface area (Å²) in [4.78, 5) is 32.9. The van der Waals surface area contributed by atoms with Crippen LogP contribution >= 0.6 is 0 Å². The van der Waals surface area contributed by atoms with Crippen LogP contribution in [0.15, 0.2) is 18.2 Å². The van der Waals surface area contributed by atoms with Gasteiger partial charge in [0.2, 0.25) is 5.91 Å². The first-order chi connectivity index (χ1) is 16.2. The maximum absolute atomic E-state index is 13.2. The minimum absolute atomic E-state index is 0.111. The largest absolute Gasteiger partial charge is 0.494 e. The van der Waals surface area contributed by atoms with Crippen LogP contribution in [0, 0.1) is 5.92 Å². The number of piperidine rings is 1. The maximum Gasteiger partial charge on any atom is 0.494 e. The van der Waals surface area contributed by atoms with E-state index in [1.54, 1.807) is 4.57 Å². The van der Waals surface area contributed by atoms with Crippen LogP contribution in [0.1, 0.15) is 91.3 Å². The Bertz CT molecular complexity index is 1180. The average molecular weight is 481 g/mol. The lowest BCUT2D eigenvalue weighted by molar-refractivity contribution is 0.00571. The Morgan fingerprint density at radius 2 is 1.77 bits per heavy atom. The third-order valence-electron chi connectivity index (χ3n) is 8.00. The summed E-state index contributed by atoms with van der Waals surface area (Å²) in [5, 5.41) is 0. The summed E-state index contributed by atoms with van der Waals surface area (Å²) in [7, 11) is -0.538. The number of nitrogens with zero attached hydrogens (tertiary/aromatic N) is 3. The van der Waals surface area contributed by atoms with Crippen molar-refractivity contribution in [1.82, 2.24) is 14.5 Å². The molecule has 9 heteroatoms. The van der Waals surface area contributed by atoms with Gasteiger partial charge in [0, 0.05) is 13.0 Å². The molecule has 0 unspecified atom stereocenters. The van der Waals surface area contributed by atoms with Gasteiger partial charge in [-0.15, -0.1) is 0 Å². The Hall–Kier alpha value is -2.39. The second-order valence-electron chi connectivity index (χ2n) is 12.2. The Labute approximate surface area is 207 Å². The highest BCUT2D eigenvalue weighted by molar-refractivity contribution is 6.62. The quantitative estimate of drug-likeness (QED) is 0.590. The summed E-state index contributed by atoms with van der Waals surface area (Å²) >= 11 is 0. The first-order valence-corrected chi connectivity index (χ1v) is 12.6. The highest BCUT2D eigenvalue weighted by Gasteiger charge is 2.53. The molecule has 0 radical (unpaired) electrons. The maximum atomic E-state index is 13.2. The fraction of sp³-hybridized carbons (Fsp3) is 0.654. The number of aromatic nitrogens is 2. The molecule has 3 atom stereocenters. The van der Waals surface area contributed by atoms with Gasteiger partial charge >= 0.3 is 13.2 Å². The molecule has 188 valence electrons. The number of imidazole rings is 1. The van der Waals surface area contributed by atoms with E-state index in [0.29, 0.717) is 16.9 Å². The molecule has 1 aliphatic carbocycles. The van der Waals surface area contributed by atoms with Crippen LogP contribution in [0.2, 0.25) is 0 Å². The molecule has 1 aromatic carbocycles. The first kappa shape index (κ1) is 24.3. The molecule has 3 heterocycles. The molecule has 1 amide bonds. The van der Waals surface area contributed by atoms with Gasteiger partial charge in [-0.25, -0.2) is 9.78 Å². The van der Waals surface area contributed by atoms with Crippen molar-refractivity contribution in [1.29, 1.82) is 0 Å². The minimum Gasteiger partial charge on any atom is -0.444 e. The van der Waals surface area contributed by atoms with Crippen molar-refractivity contribution in [2.75, 3.05) is 0 Å². The van der Waals surface area contributed by atoms with Crippen LogP contribution in [0.5, 0.6) is 0 Å². The monoisotopic (exact) mass is 481 g/mol. The summed E-state index contributed by atoms with van der Waals surface area (Å²) in [5.74, 6) is 0.724. The molecule has 3 aliphatic rings. The van der Waals surface area contributed by atoms with Gasteiger partial charge in [0.15, 0.2) is 0 Å². The summed E-state index contributed by atoms with van der Waals surface area (Å²) in [6.45, 7) is 15.2. The molecule has 3 fully saturated rings. The number of benzene rings is 1.